The molecule has 0 aliphatic carbocycles. The van der Waals surface area contributed by atoms with Crippen molar-refractivity contribution in [3.05, 3.63) is 29.8 Å². The third-order valence-corrected chi connectivity index (χ3v) is 1.95. The second-order valence-corrected chi connectivity index (χ2v) is 2.76. The average molecular weight is 179 g/mol. The van der Waals surface area contributed by atoms with Crippen molar-refractivity contribution in [1.29, 1.82) is 0 Å². The number of nitrogens with zero attached hydrogens (tertiary/aromatic N) is 1. The molecule has 13 heavy (non-hydrogen) atoms. The number of hydrogen-bond donors (Lipinski definition) is 1. The van der Waals surface area contributed by atoms with Crippen LogP contribution in [0.4, 0.5) is 0 Å². The number of hydrogen-bond acceptors (Lipinski definition) is 3. The number of para-hydroxylation sites is 1. The molecule has 68 valence electrons. The molecule has 0 fully saturated rings. The largest absolute Gasteiger partial charge is 0.472 e. The van der Waals surface area contributed by atoms with Crippen LogP contribution in [0.2, 0.25) is 0 Å². The Hall–Kier alpha value is -1.55. The Morgan fingerprint density at radius 3 is 3.00 bits per heavy atom. The summed E-state index contributed by atoms with van der Waals surface area (Å²) in [6.07, 6.45) is 0. The first kappa shape index (κ1) is 8.07. The molecule has 1 amide bonds. The van der Waals surface area contributed by atoms with Crippen molar-refractivity contribution >= 4 is 5.91 Å². The molecule has 1 aromatic rings. The molecule has 2 rings (SSSR count). The number of carbonyl (C=O) groups is 1. The predicted molar refractivity (Wildman–Crippen MR) is 45.2 cm³/mol. The first-order chi connectivity index (χ1) is 6.33. The molecule has 0 saturated carbocycles. The Labute approximate surface area is 75.3 Å². The fourth-order valence-corrected chi connectivity index (χ4v) is 1.25. The van der Waals surface area contributed by atoms with E-state index in [1.54, 1.807) is 24.3 Å². The maximum Gasteiger partial charge on any atom is 0.262 e. The number of rotatable bonds is 1. The van der Waals surface area contributed by atoms with Crippen molar-refractivity contribution in [2.24, 2.45) is 0 Å². The molecular weight excluding hydrogens is 170 g/mol. The quantitative estimate of drug-likeness (QED) is 0.680. The van der Waals surface area contributed by atoms with Crippen molar-refractivity contribution < 1.29 is 14.6 Å². The lowest BCUT2D eigenvalue weighted by atomic mass is 10.1. The van der Waals surface area contributed by atoms with E-state index in [4.69, 9.17) is 9.84 Å². The molecule has 0 unspecified atom stereocenters. The summed E-state index contributed by atoms with van der Waals surface area (Å²) in [6.45, 7) is -0.195. The molecule has 1 aliphatic heterocycles. The third kappa shape index (κ3) is 1.25. The van der Waals surface area contributed by atoms with Gasteiger partial charge in [0.2, 0.25) is 0 Å². The fraction of sp³-hybridized carbons (Fsp3) is 0.222. The molecular formula is C9H9NO3. The van der Waals surface area contributed by atoms with E-state index in [0.717, 1.165) is 0 Å². The Bertz CT molecular complexity index is 337. The lowest BCUT2D eigenvalue weighted by Gasteiger charge is -2.26. The summed E-state index contributed by atoms with van der Waals surface area (Å²) >= 11 is 0. The molecule has 0 bridgehead atoms. The minimum absolute atomic E-state index is 0.117. The number of amides is 1. The molecule has 4 heteroatoms. The van der Waals surface area contributed by atoms with Gasteiger partial charge in [0.15, 0.2) is 6.73 Å². The predicted octanol–water partition coefficient (Wildman–Crippen LogP) is 0.429. The van der Waals surface area contributed by atoms with Gasteiger partial charge in [0.05, 0.1) is 5.56 Å². The number of carbonyl (C=O) groups excluding carboxylic acids is 1. The van der Waals surface area contributed by atoms with Gasteiger partial charge in [-0.15, -0.1) is 0 Å². The van der Waals surface area contributed by atoms with E-state index >= 15 is 0 Å². The lowest BCUT2D eigenvalue weighted by Crippen LogP contribution is -2.39. The number of benzene rings is 1. The van der Waals surface area contributed by atoms with Gasteiger partial charge in [-0.1, -0.05) is 12.1 Å². The van der Waals surface area contributed by atoms with Crippen molar-refractivity contribution in [3.8, 4) is 5.75 Å². The Morgan fingerprint density at radius 2 is 2.23 bits per heavy atom. The standard InChI is InChI=1S/C9H9NO3/c11-5-10-6-13-8-4-2-1-3-7(8)9(10)12/h1-4,11H,5-6H2. The first-order valence-corrected chi connectivity index (χ1v) is 3.95. The van der Waals surface area contributed by atoms with Crippen LogP contribution in [-0.4, -0.2) is 29.4 Å². The number of aliphatic hydroxyl groups is 1. The van der Waals surface area contributed by atoms with Crippen LogP contribution in [0, 0.1) is 0 Å². The summed E-state index contributed by atoms with van der Waals surface area (Å²) < 4.78 is 5.24. The van der Waals surface area contributed by atoms with Crippen LogP contribution in [0.15, 0.2) is 24.3 Å². The van der Waals surface area contributed by atoms with Crippen molar-refractivity contribution in [3.63, 3.8) is 0 Å². The monoisotopic (exact) mass is 179 g/mol. The molecule has 4 nitrogen and oxygen atoms in total. The molecule has 0 spiro atoms. The van der Waals surface area contributed by atoms with Crippen LogP contribution in [-0.2, 0) is 0 Å². The van der Waals surface area contributed by atoms with E-state index in [1.807, 2.05) is 0 Å². The molecule has 1 heterocycles. The van der Waals surface area contributed by atoms with Crippen molar-refractivity contribution in [2.75, 3.05) is 13.5 Å². The van der Waals surface area contributed by atoms with Gasteiger partial charge >= 0.3 is 0 Å². The van der Waals surface area contributed by atoms with E-state index in [0.29, 0.717) is 11.3 Å². The second kappa shape index (κ2) is 3.06. The Balaban J connectivity index is 2.39. The topological polar surface area (TPSA) is 49.8 Å². The number of aliphatic hydroxyl groups excluding tert-OH is 1. The van der Waals surface area contributed by atoms with Crippen molar-refractivity contribution in [1.82, 2.24) is 4.90 Å². The van der Waals surface area contributed by atoms with Crippen LogP contribution in [0.25, 0.3) is 0 Å². The summed E-state index contributed by atoms with van der Waals surface area (Å²) in [5, 5.41) is 8.81. The van der Waals surface area contributed by atoms with E-state index in [-0.39, 0.29) is 19.4 Å². The van der Waals surface area contributed by atoms with Gasteiger partial charge in [0.25, 0.3) is 5.91 Å². The fourth-order valence-electron chi connectivity index (χ4n) is 1.25. The minimum Gasteiger partial charge on any atom is -0.472 e. The average Bonchev–Trinajstić information content (AvgIpc) is 2.19. The highest BCUT2D eigenvalue weighted by Crippen LogP contribution is 2.23. The number of fused-ring (bicyclic) bond motifs is 1. The van der Waals surface area contributed by atoms with E-state index in [2.05, 4.69) is 0 Å². The van der Waals surface area contributed by atoms with Crippen LogP contribution in [0.3, 0.4) is 0 Å². The van der Waals surface area contributed by atoms with Crippen LogP contribution >= 0.6 is 0 Å². The van der Waals surface area contributed by atoms with Gasteiger partial charge in [-0.2, -0.15) is 0 Å². The van der Waals surface area contributed by atoms with Crippen molar-refractivity contribution in [2.45, 2.75) is 0 Å². The van der Waals surface area contributed by atoms with Crippen LogP contribution in [0.1, 0.15) is 10.4 Å². The SMILES string of the molecule is O=C1c2ccccc2OCN1CO. The van der Waals surface area contributed by atoms with Gasteiger partial charge in [0.1, 0.15) is 12.5 Å². The number of ether oxygens (including phenoxy) is 1. The third-order valence-electron chi connectivity index (χ3n) is 1.95. The normalized spacial score (nSPS) is 15.2. The van der Waals surface area contributed by atoms with Crippen LogP contribution in [0.5, 0.6) is 5.75 Å². The molecule has 1 N–H and O–H groups in total. The molecule has 1 aromatic carbocycles. The minimum atomic E-state index is -0.312. The zero-order valence-corrected chi connectivity index (χ0v) is 6.93. The van der Waals surface area contributed by atoms with Crippen LogP contribution < -0.4 is 4.74 Å². The smallest absolute Gasteiger partial charge is 0.262 e. The van der Waals surface area contributed by atoms with E-state index in [1.165, 1.54) is 4.90 Å². The molecule has 0 atom stereocenters. The highest BCUT2D eigenvalue weighted by atomic mass is 16.5. The maximum atomic E-state index is 11.5. The zero-order valence-electron chi connectivity index (χ0n) is 6.93. The summed E-state index contributed by atoms with van der Waals surface area (Å²) in [6, 6.07) is 6.99. The summed E-state index contributed by atoms with van der Waals surface area (Å²) in [4.78, 5) is 12.8. The highest BCUT2D eigenvalue weighted by molar-refractivity contribution is 5.97. The maximum absolute atomic E-state index is 11.5. The first-order valence-electron chi connectivity index (χ1n) is 3.95. The van der Waals surface area contributed by atoms with E-state index < -0.39 is 0 Å². The van der Waals surface area contributed by atoms with Gasteiger partial charge in [-0.25, -0.2) is 0 Å². The summed E-state index contributed by atoms with van der Waals surface area (Å²) in [5.74, 6) is 0.390. The Kier molecular flexibility index (Phi) is 1.90. The van der Waals surface area contributed by atoms with Gasteiger partial charge in [-0.05, 0) is 12.1 Å². The summed E-state index contributed by atoms with van der Waals surface area (Å²) in [7, 11) is 0. The van der Waals surface area contributed by atoms with Gasteiger partial charge in [-0.3, -0.25) is 9.69 Å². The lowest BCUT2D eigenvalue weighted by molar-refractivity contribution is 0.0219. The molecule has 0 radical (unpaired) electrons. The second-order valence-electron chi connectivity index (χ2n) is 2.76. The highest BCUT2D eigenvalue weighted by Gasteiger charge is 2.23. The summed E-state index contributed by atoms with van der Waals surface area (Å²) in [5.41, 5.74) is 0.503. The van der Waals surface area contributed by atoms with Gasteiger partial charge in [0, 0.05) is 0 Å². The Morgan fingerprint density at radius 1 is 1.46 bits per heavy atom. The molecule has 0 aromatic heterocycles. The molecule has 1 aliphatic rings. The zero-order chi connectivity index (χ0) is 9.26. The van der Waals surface area contributed by atoms with Gasteiger partial charge < -0.3 is 9.84 Å². The van der Waals surface area contributed by atoms with E-state index in [9.17, 15) is 4.79 Å². The molecule has 0 saturated heterocycles.